The van der Waals surface area contributed by atoms with E-state index in [0.29, 0.717) is 29.0 Å². The maximum absolute atomic E-state index is 13.5. The number of hydrogen-bond acceptors (Lipinski definition) is 5. The average Bonchev–Trinajstić information content (AvgIpc) is 3.44. The van der Waals surface area contributed by atoms with E-state index in [1.807, 2.05) is 56.3 Å². The van der Waals surface area contributed by atoms with Gasteiger partial charge in [-0.05, 0) is 71.8 Å². The van der Waals surface area contributed by atoms with Gasteiger partial charge in [-0.2, -0.15) is 0 Å². The molecule has 0 saturated carbocycles. The van der Waals surface area contributed by atoms with E-state index in [1.54, 1.807) is 24.3 Å². The highest BCUT2D eigenvalue weighted by Crippen LogP contribution is 2.42. The van der Waals surface area contributed by atoms with Gasteiger partial charge in [-0.1, -0.05) is 58.0 Å². The van der Waals surface area contributed by atoms with Crippen LogP contribution in [-0.2, 0) is 15.0 Å². The number of nitrogens with zero attached hydrogens (tertiary/aromatic N) is 2. The minimum atomic E-state index is -0.864. The number of carbonyl (C=O) groups excluding carboxylic acids is 2. The van der Waals surface area contributed by atoms with Crippen molar-refractivity contribution in [3.63, 3.8) is 0 Å². The number of anilines is 1. The Morgan fingerprint density at radius 3 is 2.36 bits per heavy atom. The fourth-order valence-corrected chi connectivity index (χ4v) is 4.84. The number of ketones is 1. The number of amides is 1. The Kier molecular flexibility index (Phi) is 6.76. The number of ether oxygens (including phenoxy) is 1. The molecule has 1 unspecified atom stereocenters. The number of nitrogens with one attached hydrogen (secondary N) is 1. The van der Waals surface area contributed by atoms with Gasteiger partial charge in [-0.3, -0.25) is 14.5 Å². The summed E-state index contributed by atoms with van der Waals surface area (Å²) in [5, 5.41) is 11.4. The summed E-state index contributed by atoms with van der Waals surface area (Å²) in [6, 6.07) is 19.6. The minimum absolute atomic E-state index is 0.0161. The molecule has 5 rings (SSSR count). The summed E-state index contributed by atoms with van der Waals surface area (Å²) < 4.78 is 5.66. The van der Waals surface area contributed by atoms with Crippen LogP contribution in [0.1, 0.15) is 62.4 Å². The predicted octanol–water partition coefficient (Wildman–Crippen LogP) is 6.58. The lowest BCUT2D eigenvalue weighted by Gasteiger charge is -2.25. The topological polar surface area (TPSA) is 95.5 Å². The van der Waals surface area contributed by atoms with Crippen LogP contribution in [0.3, 0.4) is 0 Å². The van der Waals surface area contributed by atoms with Crippen LogP contribution in [0.25, 0.3) is 16.8 Å². The van der Waals surface area contributed by atoms with Crippen LogP contribution in [0, 0.1) is 6.92 Å². The van der Waals surface area contributed by atoms with Crippen molar-refractivity contribution in [1.29, 1.82) is 0 Å². The Hall–Kier alpha value is -4.39. The molecular formula is C32H33N3O4. The number of aliphatic hydroxyl groups is 1. The molecule has 1 aliphatic heterocycles. The van der Waals surface area contributed by atoms with Crippen molar-refractivity contribution in [2.45, 2.75) is 52.5 Å². The Balaban J connectivity index is 1.65. The number of rotatable bonds is 6. The smallest absolute Gasteiger partial charge is 0.302 e. The second-order valence-electron chi connectivity index (χ2n) is 11.0. The number of fused-ring (bicyclic) bond motifs is 1. The monoisotopic (exact) mass is 523 g/mol. The molecule has 1 aliphatic rings. The SMILES string of the molecule is CCCOc1ccc(/C(O)=C2\C(=O)C(=O)N(c3nc4ccc(C)cc4[nH]3)C2c2ccc(C(C)(C)C)cc2)cc1. The second kappa shape index (κ2) is 10.1. The third kappa shape index (κ3) is 4.92. The molecule has 3 aromatic carbocycles. The summed E-state index contributed by atoms with van der Waals surface area (Å²) >= 11 is 0. The predicted molar refractivity (Wildman–Crippen MR) is 153 cm³/mol. The van der Waals surface area contributed by atoms with Gasteiger partial charge in [-0.25, -0.2) is 4.98 Å². The highest BCUT2D eigenvalue weighted by Gasteiger charge is 2.48. The summed E-state index contributed by atoms with van der Waals surface area (Å²) in [4.78, 5) is 36.2. The molecule has 0 radical (unpaired) electrons. The van der Waals surface area contributed by atoms with Crippen LogP contribution >= 0.6 is 0 Å². The highest BCUT2D eigenvalue weighted by atomic mass is 16.5. The highest BCUT2D eigenvalue weighted by molar-refractivity contribution is 6.51. The van der Waals surface area contributed by atoms with Gasteiger partial charge >= 0.3 is 5.91 Å². The van der Waals surface area contributed by atoms with Gasteiger partial charge in [0.15, 0.2) is 0 Å². The molecule has 7 nitrogen and oxygen atoms in total. The van der Waals surface area contributed by atoms with Crippen molar-refractivity contribution >= 4 is 34.4 Å². The van der Waals surface area contributed by atoms with Crippen LogP contribution in [0.5, 0.6) is 5.75 Å². The van der Waals surface area contributed by atoms with E-state index in [4.69, 9.17) is 4.74 Å². The number of carbonyl (C=O) groups is 2. The molecule has 0 aliphatic carbocycles. The fraction of sp³-hybridized carbons (Fsp3) is 0.281. The molecule has 1 fully saturated rings. The summed E-state index contributed by atoms with van der Waals surface area (Å²) in [5.41, 5.74) is 4.67. The number of imidazole rings is 1. The van der Waals surface area contributed by atoms with Gasteiger partial charge in [-0.15, -0.1) is 0 Å². The molecule has 4 aromatic rings. The van der Waals surface area contributed by atoms with Gasteiger partial charge in [0.05, 0.1) is 29.3 Å². The molecule has 7 heteroatoms. The van der Waals surface area contributed by atoms with Gasteiger partial charge in [0.25, 0.3) is 5.78 Å². The molecule has 1 aromatic heterocycles. The van der Waals surface area contributed by atoms with Crippen molar-refractivity contribution < 1.29 is 19.4 Å². The number of benzene rings is 3. The van der Waals surface area contributed by atoms with Crippen molar-refractivity contribution in [3.8, 4) is 5.75 Å². The van der Waals surface area contributed by atoms with E-state index < -0.39 is 17.7 Å². The summed E-state index contributed by atoms with van der Waals surface area (Å²) in [6.45, 7) is 10.9. The summed E-state index contributed by atoms with van der Waals surface area (Å²) in [6.07, 6.45) is 0.876. The first-order valence-corrected chi connectivity index (χ1v) is 13.2. The molecule has 2 N–H and O–H groups in total. The first kappa shape index (κ1) is 26.2. The molecule has 1 saturated heterocycles. The van der Waals surface area contributed by atoms with Gasteiger partial charge in [0.2, 0.25) is 5.95 Å². The van der Waals surface area contributed by atoms with Gasteiger partial charge < -0.3 is 14.8 Å². The number of Topliss-reactive ketones (excluding diaryl/α,β-unsaturated/α-hetero) is 1. The van der Waals surface area contributed by atoms with E-state index >= 15 is 0 Å². The summed E-state index contributed by atoms with van der Waals surface area (Å²) in [7, 11) is 0. The van der Waals surface area contributed by atoms with E-state index in [-0.39, 0.29) is 22.7 Å². The zero-order valence-electron chi connectivity index (χ0n) is 22.9. The number of aromatic amines is 1. The van der Waals surface area contributed by atoms with Gasteiger partial charge in [0.1, 0.15) is 11.5 Å². The quantitative estimate of drug-likeness (QED) is 0.169. The number of aryl methyl sites for hydroxylation is 1. The van der Waals surface area contributed by atoms with Gasteiger partial charge in [0, 0.05) is 5.56 Å². The third-order valence-corrected chi connectivity index (χ3v) is 6.99. The second-order valence-corrected chi connectivity index (χ2v) is 11.0. The maximum Gasteiger partial charge on any atom is 0.302 e. The van der Waals surface area contributed by atoms with E-state index in [9.17, 15) is 14.7 Å². The van der Waals surface area contributed by atoms with Crippen LogP contribution < -0.4 is 9.64 Å². The molecule has 0 bridgehead atoms. The molecule has 1 atom stereocenters. The molecule has 0 spiro atoms. The molecular weight excluding hydrogens is 490 g/mol. The van der Waals surface area contributed by atoms with E-state index in [0.717, 1.165) is 23.1 Å². The Labute approximate surface area is 228 Å². The fourth-order valence-electron chi connectivity index (χ4n) is 4.84. The Morgan fingerprint density at radius 1 is 1.03 bits per heavy atom. The number of hydrogen-bond donors (Lipinski definition) is 2. The normalized spacial score (nSPS) is 17.3. The molecule has 200 valence electrons. The first-order valence-electron chi connectivity index (χ1n) is 13.2. The molecule has 1 amide bonds. The number of H-pyrrole nitrogens is 1. The minimum Gasteiger partial charge on any atom is -0.507 e. The Morgan fingerprint density at radius 2 is 1.72 bits per heavy atom. The lowest BCUT2D eigenvalue weighted by Crippen LogP contribution is -2.30. The lowest BCUT2D eigenvalue weighted by atomic mass is 9.85. The number of aliphatic hydroxyl groups excluding tert-OH is 1. The van der Waals surface area contributed by atoms with E-state index in [1.165, 1.54) is 4.90 Å². The van der Waals surface area contributed by atoms with Crippen LogP contribution in [0.4, 0.5) is 5.95 Å². The molecule has 39 heavy (non-hydrogen) atoms. The largest absolute Gasteiger partial charge is 0.507 e. The van der Waals surface area contributed by atoms with Crippen molar-refractivity contribution in [2.24, 2.45) is 0 Å². The zero-order valence-corrected chi connectivity index (χ0v) is 22.9. The number of aromatic nitrogens is 2. The third-order valence-electron chi connectivity index (χ3n) is 6.99. The Bertz CT molecular complexity index is 1570. The van der Waals surface area contributed by atoms with Crippen molar-refractivity contribution in [1.82, 2.24) is 9.97 Å². The van der Waals surface area contributed by atoms with E-state index in [2.05, 4.69) is 30.7 Å². The van der Waals surface area contributed by atoms with Crippen LogP contribution in [0.2, 0.25) is 0 Å². The summed E-state index contributed by atoms with van der Waals surface area (Å²) in [5.74, 6) is -0.832. The van der Waals surface area contributed by atoms with Crippen molar-refractivity contribution in [2.75, 3.05) is 11.5 Å². The zero-order chi connectivity index (χ0) is 27.9. The maximum atomic E-state index is 13.5. The molecule has 2 heterocycles. The van der Waals surface area contributed by atoms with Crippen LogP contribution in [-0.4, -0.2) is 33.4 Å². The first-order chi connectivity index (χ1) is 18.6. The standard InChI is InChI=1S/C32H33N3O4/c1-6-17-39-23-14-10-21(11-15-23)28(36)26-27(20-8-12-22(13-9-20)32(3,4)5)35(30(38)29(26)37)31-33-24-16-7-19(2)18-25(24)34-31/h7-16,18,27,36H,6,17H2,1-5H3,(H,33,34)/b28-26+. The van der Waals surface area contributed by atoms with Crippen LogP contribution in [0.15, 0.2) is 72.3 Å². The average molecular weight is 524 g/mol. The van der Waals surface area contributed by atoms with Crippen molar-refractivity contribution in [3.05, 3.63) is 94.6 Å². The lowest BCUT2D eigenvalue weighted by molar-refractivity contribution is -0.132.